The fourth-order valence-electron chi connectivity index (χ4n) is 1.52. The third-order valence-corrected chi connectivity index (χ3v) is 3.57. The molecule has 6 heteroatoms. The Labute approximate surface area is 130 Å². The molecule has 2 N–H and O–H groups in total. The van der Waals surface area contributed by atoms with Gasteiger partial charge in [0.15, 0.2) is 0 Å². The van der Waals surface area contributed by atoms with Crippen LogP contribution in [0.5, 0.6) is 0 Å². The van der Waals surface area contributed by atoms with Crippen molar-refractivity contribution in [3.63, 3.8) is 0 Å². The number of hydrogen-bond donors (Lipinski definition) is 2. The zero-order valence-corrected chi connectivity index (χ0v) is 13.6. The Balaban J connectivity index is 0.00000324. The molecule has 0 atom stereocenters. The maximum Gasteiger partial charge on any atom is 0.252 e. The summed E-state index contributed by atoms with van der Waals surface area (Å²) < 4.78 is 0. The molecule has 0 heterocycles. The third kappa shape index (κ3) is 6.52. The molecule has 3 nitrogen and oxygen atoms in total. The normalized spacial score (nSPS) is 9.84. The zero-order valence-electron chi connectivity index (χ0n) is 11.2. The fraction of sp³-hybridized carbons (Fsp3) is 0.462. The van der Waals surface area contributed by atoms with Gasteiger partial charge in [-0.1, -0.05) is 18.5 Å². The molecule has 0 spiro atoms. The van der Waals surface area contributed by atoms with E-state index in [1.54, 1.807) is 17.8 Å². The molecular formula is C13H20Cl2N2OS. The van der Waals surface area contributed by atoms with Crippen LogP contribution >= 0.6 is 35.8 Å². The average Bonchev–Trinajstić information content (AvgIpc) is 2.37. The molecule has 19 heavy (non-hydrogen) atoms. The van der Waals surface area contributed by atoms with Crippen molar-refractivity contribution in [2.24, 2.45) is 0 Å². The second-order valence-corrected chi connectivity index (χ2v) is 5.53. The van der Waals surface area contributed by atoms with Gasteiger partial charge in [-0.05, 0) is 44.0 Å². The predicted octanol–water partition coefficient (Wildman–Crippen LogP) is 3.21. The van der Waals surface area contributed by atoms with Crippen LogP contribution in [0.15, 0.2) is 23.1 Å². The number of carbonyl (C=O) groups is 1. The number of amides is 1. The Kier molecular flexibility index (Phi) is 10.1. The molecule has 0 bridgehead atoms. The van der Waals surface area contributed by atoms with E-state index in [-0.39, 0.29) is 18.3 Å². The lowest BCUT2D eigenvalue weighted by Crippen LogP contribution is -2.27. The van der Waals surface area contributed by atoms with Crippen molar-refractivity contribution < 1.29 is 4.79 Å². The molecule has 1 aromatic rings. The lowest BCUT2D eigenvalue weighted by atomic mass is 10.2. The van der Waals surface area contributed by atoms with Gasteiger partial charge in [-0.3, -0.25) is 4.79 Å². The van der Waals surface area contributed by atoms with Gasteiger partial charge in [0.2, 0.25) is 0 Å². The number of thioether (sulfide) groups is 1. The second-order valence-electron chi connectivity index (χ2n) is 3.79. The summed E-state index contributed by atoms with van der Waals surface area (Å²) in [6.07, 6.45) is 0.916. The predicted molar refractivity (Wildman–Crippen MR) is 86.0 cm³/mol. The van der Waals surface area contributed by atoms with Crippen LogP contribution in [0.4, 0.5) is 0 Å². The smallest absolute Gasteiger partial charge is 0.252 e. The second kappa shape index (κ2) is 10.4. The summed E-state index contributed by atoms with van der Waals surface area (Å²) in [5, 5.41) is 6.55. The van der Waals surface area contributed by atoms with Crippen LogP contribution in [0.1, 0.15) is 23.7 Å². The molecular weight excluding hydrogens is 303 g/mol. The maximum atomic E-state index is 12.1. The number of rotatable bonds is 7. The van der Waals surface area contributed by atoms with Crippen LogP contribution in [0.2, 0.25) is 5.02 Å². The fourth-order valence-corrected chi connectivity index (χ4v) is 2.48. The minimum Gasteiger partial charge on any atom is -0.352 e. The highest BCUT2D eigenvalue weighted by Gasteiger charge is 2.11. The molecule has 0 radical (unpaired) electrons. The van der Waals surface area contributed by atoms with Crippen molar-refractivity contribution in [1.29, 1.82) is 0 Å². The summed E-state index contributed by atoms with van der Waals surface area (Å²) in [6.45, 7) is 3.63. The topological polar surface area (TPSA) is 41.1 Å². The maximum absolute atomic E-state index is 12.1. The zero-order chi connectivity index (χ0) is 13.4. The number of nitrogens with one attached hydrogen (secondary N) is 2. The van der Waals surface area contributed by atoms with E-state index in [2.05, 4.69) is 17.6 Å². The van der Waals surface area contributed by atoms with Crippen molar-refractivity contribution >= 4 is 41.7 Å². The van der Waals surface area contributed by atoms with E-state index in [1.165, 1.54) is 0 Å². The first-order valence-corrected chi connectivity index (χ1v) is 7.40. The Bertz CT molecular complexity index is 402. The van der Waals surface area contributed by atoms with Crippen molar-refractivity contribution in [2.75, 3.05) is 25.9 Å². The van der Waals surface area contributed by atoms with Gasteiger partial charge in [-0.25, -0.2) is 0 Å². The lowest BCUT2D eigenvalue weighted by molar-refractivity contribution is 0.0950. The number of halogens is 2. The van der Waals surface area contributed by atoms with Crippen molar-refractivity contribution in [1.82, 2.24) is 10.6 Å². The van der Waals surface area contributed by atoms with Gasteiger partial charge < -0.3 is 10.6 Å². The summed E-state index contributed by atoms with van der Waals surface area (Å²) in [7, 11) is 1.90. The first-order valence-electron chi connectivity index (χ1n) is 6.04. The molecule has 0 aromatic heterocycles. The third-order valence-electron chi connectivity index (χ3n) is 2.38. The van der Waals surface area contributed by atoms with Gasteiger partial charge in [0, 0.05) is 16.5 Å². The molecule has 1 aromatic carbocycles. The van der Waals surface area contributed by atoms with E-state index in [0.29, 0.717) is 17.1 Å². The molecule has 0 unspecified atom stereocenters. The van der Waals surface area contributed by atoms with Crippen LogP contribution < -0.4 is 10.6 Å². The quantitative estimate of drug-likeness (QED) is 0.598. The molecule has 0 saturated heterocycles. The highest BCUT2D eigenvalue weighted by atomic mass is 35.5. The van der Waals surface area contributed by atoms with E-state index in [0.717, 1.165) is 23.6 Å². The lowest BCUT2D eigenvalue weighted by Gasteiger charge is -2.09. The molecule has 108 valence electrons. The molecule has 0 aliphatic heterocycles. The van der Waals surface area contributed by atoms with E-state index < -0.39 is 0 Å². The minimum absolute atomic E-state index is 0. The minimum atomic E-state index is -0.0513. The van der Waals surface area contributed by atoms with E-state index in [4.69, 9.17) is 11.6 Å². The first kappa shape index (κ1) is 18.6. The van der Waals surface area contributed by atoms with Gasteiger partial charge in [0.25, 0.3) is 5.91 Å². The standard InChI is InChI=1S/C13H19ClN2OS.ClH/c1-3-18-12-6-5-10(14)9-11(12)13(17)16-8-4-7-15-2;/h5-6,9,15H,3-4,7-8H2,1-2H3,(H,16,17);1H. The summed E-state index contributed by atoms with van der Waals surface area (Å²) in [4.78, 5) is 13.0. The monoisotopic (exact) mass is 322 g/mol. The molecule has 1 rings (SSSR count). The Morgan fingerprint density at radius 2 is 2.11 bits per heavy atom. The number of hydrogen-bond acceptors (Lipinski definition) is 3. The van der Waals surface area contributed by atoms with Crippen molar-refractivity contribution in [3.8, 4) is 0 Å². The molecule has 0 saturated carbocycles. The molecule has 0 aliphatic rings. The largest absolute Gasteiger partial charge is 0.352 e. The van der Waals surface area contributed by atoms with Crippen molar-refractivity contribution in [2.45, 2.75) is 18.2 Å². The summed E-state index contributed by atoms with van der Waals surface area (Å²) in [5.74, 6) is 0.881. The van der Waals surface area contributed by atoms with Crippen molar-refractivity contribution in [3.05, 3.63) is 28.8 Å². The first-order chi connectivity index (χ1) is 8.69. The Hall–Kier alpha value is -0.420. The highest BCUT2D eigenvalue weighted by molar-refractivity contribution is 7.99. The van der Waals surface area contributed by atoms with Crippen LogP contribution in [0, 0.1) is 0 Å². The van der Waals surface area contributed by atoms with E-state index in [1.807, 2.05) is 19.2 Å². The number of carbonyl (C=O) groups excluding carboxylic acids is 1. The highest BCUT2D eigenvalue weighted by Crippen LogP contribution is 2.25. The molecule has 0 aliphatic carbocycles. The van der Waals surface area contributed by atoms with Gasteiger partial charge in [0.1, 0.15) is 0 Å². The van der Waals surface area contributed by atoms with Gasteiger partial charge in [-0.2, -0.15) is 0 Å². The molecule has 1 amide bonds. The Morgan fingerprint density at radius 3 is 2.74 bits per heavy atom. The summed E-state index contributed by atoms with van der Waals surface area (Å²) in [5.41, 5.74) is 0.666. The van der Waals surface area contributed by atoms with Crippen LogP contribution in [0.3, 0.4) is 0 Å². The van der Waals surface area contributed by atoms with Gasteiger partial charge in [0.05, 0.1) is 5.56 Å². The van der Waals surface area contributed by atoms with Crippen LogP contribution in [-0.4, -0.2) is 31.8 Å². The summed E-state index contributed by atoms with van der Waals surface area (Å²) >= 11 is 7.60. The van der Waals surface area contributed by atoms with Crippen LogP contribution in [0.25, 0.3) is 0 Å². The van der Waals surface area contributed by atoms with Gasteiger partial charge >= 0.3 is 0 Å². The SMILES string of the molecule is CCSc1ccc(Cl)cc1C(=O)NCCCNC.Cl. The van der Waals surface area contributed by atoms with Gasteiger partial charge in [-0.15, -0.1) is 24.2 Å². The van der Waals surface area contributed by atoms with Crippen LogP contribution in [-0.2, 0) is 0 Å². The van der Waals surface area contributed by atoms with E-state index in [9.17, 15) is 4.79 Å². The van der Waals surface area contributed by atoms with E-state index >= 15 is 0 Å². The average molecular weight is 323 g/mol. The molecule has 0 fully saturated rings. The Morgan fingerprint density at radius 1 is 1.37 bits per heavy atom. The summed E-state index contributed by atoms with van der Waals surface area (Å²) in [6, 6.07) is 5.45. The number of benzene rings is 1.